The maximum atomic E-state index is 7.20. The van der Waals surface area contributed by atoms with Gasteiger partial charge in [0.1, 0.15) is 24.4 Å². The molecule has 0 bridgehead atoms. The van der Waals surface area contributed by atoms with E-state index in [1.807, 2.05) is 13.0 Å². The van der Waals surface area contributed by atoms with Gasteiger partial charge in [0.25, 0.3) is 0 Å². The van der Waals surface area contributed by atoms with Gasteiger partial charge in [-0.05, 0) is 73.5 Å². The van der Waals surface area contributed by atoms with Crippen LogP contribution in [0.2, 0.25) is 54.4 Å². The number of nitrogens with zero attached hydrogens (tertiary/aromatic N) is 1. The van der Waals surface area contributed by atoms with Crippen molar-refractivity contribution in [1.82, 2.24) is 4.98 Å². The summed E-state index contributed by atoms with van der Waals surface area (Å²) in [7, 11) is -6.26. The topological polar surface area (TPSA) is 49.8 Å². The Bertz CT molecular complexity index is 913. The van der Waals surface area contributed by atoms with Crippen LogP contribution in [-0.2, 0) is 18.0 Å². The third-order valence-electron chi connectivity index (χ3n) is 9.40. The van der Waals surface area contributed by atoms with Crippen molar-refractivity contribution in [3.05, 3.63) is 29.6 Å². The van der Waals surface area contributed by atoms with Crippen LogP contribution < -0.4 is 0 Å². The minimum Gasteiger partial charge on any atom is -0.414 e. The van der Waals surface area contributed by atoms with Gasteiger partial charge in [-0.1, -0.05) is 68.4 Å². The summed E-state index contributed by atoms with van der Waals surface area (Å²) in [6, 6.07) is 6.16. The highest BCUT2D eigenvalue weighted by Gasteiger charge is 2.55. The molecule has 4 atom stereocenters. The molecule has 214 valence electrons. The Morgan fingerprint density at radius 1 is 0.730 bits per heavy atom. The maximum absolute atomic E-state index is 7.20. The lowest BCUT2D eigenvalue weighted by Gasteiger charge is -2.44. The van der Waals surface area contributed by atoms with Crippen molar-refractivity contribution < 1.29 is 18.0 Å². The molecule has 1 aliphatic heterocycles. The molecule has 37 heavy (non-hydrogen) atoms. The molecule has 2 rings (SSSR count). The molecule has 1 aromatic rings. The van der Waals surface area contributed by atoms with Gasteiger partial charge in [-0.3, -0.25) is 4.98 Å². The average molecular weight is 568 g/mol. The van der Waals surface area contributed by atoms with Crippen molar-refractivity contribution in [2.24, 2.45) is 0 Å². The average Bonchev–Trinajstić information content (AvgIpc) is 3.00. The SMILES string of the molecule is Cc1cccc([C@@H]2O[C@H](CO[Si](C)(C)C(C)(C)C)[C@@H](O[Si](C)(C)C(C)(C)C)[C@H]2O[Si](C)(C)C(C)(C)C)n1. The molecule has 0 radical (unpaired) electrons. The highest BCUT2D eigenvalue weighted by Crippen LogP contribution is 2.47. The van der Waals surface area contributed by atoms with Gasteiger partial charge in [-0.15, -0.1) is 0 Å². The number of rotatable bonds is 8. The van der Waals surface area contributed by atoms with E-state index in [0.717, 1.165) is 11.4 Å². The Morgan fingerprint density at radius 3 is 1.62 bits per heavy atom. The standard InChI is InChI=1S/C29H57NO4Si3/c1-21-18-17-19-22(30-21)24-26(34-37(15,16)29(8,9)10)25(33-36(13,14)28(5,6)7)23(32-24)20-31-35(11,12)27(2,3)4/h17-19,23-26H,20H2,1-16H3/t23-,24+,25-,26+/m1/s1. The molecular weight excluding hydrogens is 511 g/mol. The largest absolute Gasteiger partial charge is 0.414 e. The van der Waals surface area contributed by atoms with Crippen LogP contribution in [0.3, 0.4) is 0 Å². The smallest absolute Gasteiger partial charge is 0.192 e. The zero-order valence-corrected chi connectivity index (χ0v) is 29.8. The number of aromatic nitrogens is 1. The molecule has 1 saturated heterocycles. The molecule has 0 spiro atoms. The van der Waals surface area contributed by atoms with Gasteiger partial charge >= 0.3 is 0 Å². The van der Waals surface area contributed by atoms with Crippen molar-refractivity contribution in [3.8, 4) is 0 Å². The van der Waals surface area contributed by atoms with E-state index in [2.05, 4.69) is 114 Å². The fourth-order valence-electron chi connectivity index (χ4n) is 3.63. The molecule has 0 saturated carbocycles. The molecule has 1 fully saturated rings. The Kier molecular flexibility index (Phi) is 9.68. The maximum Gasteiger partial charge on any atom is 0.192 e. The fourth-order valence-corrected chi connectivity index (χ4v) is 7.26. The summed E-state index contributed by atoms with van der Waals surface area (Å²) in [4.78, 5) is 4.89. The van der Waals surface area contributed by atoms with Crippen LogP contribution in [0.4, 0.5) is 0 Å². The molecule has 5 nitrogen and oxygen atoms in total. The zero-order valence-electron chi connectivity index (χ0n) is 26.8. The zero-order chi connectivity index (χ0) is 28.8. The number of ether oxygens (including phenoxy) is 1. The molecule has 0 N–H and O–H groups in total. The second-order valence-electron chi connectivity index (χ2n) is 15.6. The second-order valence-corrected chi connectivity index (χ2v) is 29.9. The van der Waals surface area contributed by atoms with Crippen molar-refractivity contribution in [2.45, 2.75) is 148 Å². The molecule has 0 aromatic carbocycles. The van der Waals surface area contributed by atoms with E-state index in [9.17, 15) is 0 Å². The minimum absolute atomic E-state index is 0.0643. The van der Waals surface area contributed by atoms with E-state index in [1.165, 1.54) is 0 Å². The predicted octanol–water partition coefficient (Wildman–Crippen LogP) is 8.63. The van der Waals surface area contributed by atoms with Crippen LogP contribution >= 0.6 is 0 Å². The van der Waals surface area contributed by atoms with Crippen LogP contribution in [0, 0.1) is 6.92 Å². The van der Waals surface area contributed by atoms with Gasteiger partial charge in [0.05, 0.1) is 12.3 Å². The summed E-state index contributed by atoms with van der Waals surface area (Å²) in [5, 5.41) is 0.254. The summed E-state index contributed by atoms with van der Waals surface area (Å²) < 4.78 is 28.0. The third kappa shape index (κ3) is 7.64. The molecule has 0 aliphatic carbocycles. The Morgan fingerprint density at radius 2 is 1.19 bits per heavy atom. The Hall–Kier alpha value is -0.359. The second kappa shape index (κ2) is 10.9. The lowest BCUT2D eigenvalue weighted by Crippen LogP contribution is -2.54. The lowest BCUT2D eigenvalue weighted by molar-refractivity contribution is -0.0186. The van der Waals surface area contributed by atoms with E-state index in [4.69, 9.17) is 23.0 Å². The van der Waals surface area contributed by atoms with Crippen LogP contribution in [0.5, 0.6) is 0 Å². The monoisotopic (exact) mass is 567 g/mol. The summed E-state index contributed by atoms with van der Waals surface area (Å²) in [5.74, 6) is 0. The van der Waals surface area contributed by atoms with Crippen molar-refractivity contribution in [2.75, 3.05) is 6.61 Å². The van der Waals surface area contributed by atoms with E-state index in [-0.39, 0.29) is 39.5 Å². The number of pyridine rings is 1. The molecule has 1 aromatic heterocycles. The van der Waals surface area contributed by atoms with E-state index < -0.39 is 25.0 Å². The molecular formula is C29H57NO4Si3. The number of hydrogen-bond acceptors (Lipinski definition) is 5. The molecule has 1 aliphatic rings. The van der Waals surface area contributed by atoms with E-state index in [0.29, 0.717) is 6.61 Å². The van der Waals surface area contributed by atoms with Crippen molar-refractivity contribution >= 4 is 25.0 Å². The molecule has 0 amide bonds. The van der Waals surface area contributed by atoms with Gasteiger partial charge in [0, 0.05) is 5.69 Å². The third-order valence-corrected chi connectivity index (χ3v) is 22.8. The normalized spacial score (nSPS) is 24.5. The van der Waals surface area contributed by atoms with Gasteiger partial charge < -0.3 is 18.0 Å². The fraction of sp³-hybridized carbons (Fsp3) is 0.828. The van der Waals surface area contributed by atoms with Gasteiger partial charge in [0.15, 0.2) is 25.0 Å². The first kappa shape index (κ1) is 32.9. The Labute approximate surface area is 231 Å². The quantitative estimate of drug-likeness (QED) is 0.294. The van der Waals surface area contributed by atoms with Crippen LogP contribution in [0.25, 0.3) is 0 Å². The number of aryl methyl sites for hydroxylation is 1. The number of hydrogen-bond donors (Lipinski definition) is 0. The van der Waals surface area contributed by atoms with Crippen molar-refractivity contribution in [3.63, 3.8) is 0 Å². The first-order valence-electron chi connectivity index (χ1n) is 14.0. The summed E-state index contributed by atoms with van der Waals surface area (Å²) in [6.07, 6.45) is -0.966. The predicted molar refractivity (Wildman–Crippen MR) is 164 cm³/mol. The van der Waals surface area contributed by atoms with Crippen LogP contribution in [-0.4, -0.2) is 54.9 Å². The minimum atomic E-state index is -2.14. The van der Waals surface area contributed by atoms with E-state index >= 15 is 0 Å². The summed E-state index contributed by atoms with van der Waals surface area (Å²) in [6.45, 7) is 37.0. The lowest BCUT2D eigenvalue weighted by atomic mass is 10.1. The van der Waals surface area contributed by atoms with Gasteiger partial charge in [-0.2, -0.15) is 0 Å². The Balaban J connectivity index is 2.59. The van der Waals surface area contributed by atoms with Gasteiger partial charge in [0.2, 0.25) is 0 Å². The van der Waals surface area contributed by atoms with Gasteiger partial charge in [-0.25, -0.2) is 0 Å². The highest BCUT2D eigenvalue weighted by atomic mass is 28.4. The van der Waals surface area contributed by atoms with E-state index in [1.54, 1.807) is 0 Å². The highest BCUT2D eigenvalue weighted by molar-refractivity contribution is 6.75. The summed E-state index contributed by atoms with van der Waals surface area (Å²) >= 11 is 0. The molecule has 8 heteroatoms. The summed E-state index contributed by atoms with van der Waals surface area (Å²) in [5.41, 5.74) is 1.90. The first-order valence-corrected chi connectivity index (χ1v) is 22.7. The van der Waals surface area contributed by atoms with Crippen LogP contribution in [0.15, 0.2) is 18.2 Å². The molecule has 2 heterocycles. The molecule has 0 unspecified atom stereocenters. The van der Waals surface area contributed by atoms with Crippen molar-refractivity contribution in [1.29, 1.82) is 0 Å². The van der Waals surface area contributed by atoms with Crippen LogP contribution in [0.1, 0.15) is 79.8 Å². The first-order chi connectivity index (χ1) is 16.4.